The molecule has 1 aliphatic heterocycles. The molecule has 1 fully saturated rings. The molecule has 2 atom stereocenters. The van der Waals surface area contributed by atoms with Crippen LogP contribution in [-0.4, -0.2) is 38.4 Å². The third-order valence-corrected chi connectivity index (χ3v) is 2.83. The fraction of sp³-hybridized carbons (Fsp3) is 1.00. The molecule has 1 aliphatic rings. The molecule has 1 saturated heterocycles. The van der Waals surface area contributed by atoms with Gasteiger partial charge in [0.05, 0.1) is 12.2 Å². The van der Waals surface area contributed by atoms with E-state index in [1.165, 1.54) is 25.7 Å². The Bertz CT molecular complexity index is 153. The zero-order valence-electron chi connectivity index (χ0n) is 10.2. The van der Waals surface area contributed by atoms with Crippen LogP contribution in [0, 0.1) is 0 Å². The lowest BCUT2D eigenvalue weighted by Crippen LogP contribution is -2.29. The summed E-state index contributed by atoms with van der Waals surface area (Å²) >= 11 is 0. The first kappa shape index (κ1) is 12.9. The Morgan fingerprint density at radius 1 is 1.13 bits per heavy atom. The predicted molar refractivity (Wildman–Crippen MR) is 64.2 cm³/mol. The van der Waals surface area contributed by atoms with E-state index in [0.29, 0.717) is 12.2 Å². The molecular formula is C12H26N2O. The normalized spacial score (nSPS) is 26.0. The highest BCUT2D eigenvalue weighted by molar-refractivity contribution is 4.72. The third-order valence-electron chi connectivity index (χ3n) is 2.83. The number of hydrogen-bond donors (Lipinski definition) is 2. The van der Waals surface area contributed by atoms with Gasteiger partial charge in [-0.15, -0.1) is 0 Å². The van der Waals surface area contributed by atoms with E-state index >= 15 is 0 Å². The quantitative estimate of drug-likeness (QED) is 0.601. The van der Waals surface area contributed by atoms with Crippen LogP contribution in [0.2, 0.25) is 0 Å². The molecule has 2 N–H and O–H groups in total. The van der Waals surface area contributed by atoms with E-state index in [1.807, 2.05) is 0 Å². The highest BCUT2D eigenvalue weighted by Crippen LogP contribution is 2.17. The minimum absolute atomic E-state index is 0.462. The second-order valence-corrected chi connectivity index (χ2v) is 4.45. The summed E-state index contributed by atoms with van der Waals surface area (Å²) in [4.78, 5) is 0. The molecule has 0 aromatic heterocycles. The number of nitrogens with one attached hydrogen (secondary N) is 2. The van der Waals surface area contributed by atoms with Gasteiger partial charge < -0.3 is 15.4 Å². The first-order valence-electron chi connectivity index (χ1n) is 6.39. The summed E-state index contributed by atoms with van der Waals surface area (Å²) in [5, 5.41) is 6.86. The second-order valence-electron chi connectivity index (χ2n) is 4.45. The molecular weight excluding hydrogens is 188 g/mol. The van der Waals surface area contributed by atoms with Crippen molar-refractivity contribution in [2.75, 3.05) is 26.2 Å². The molecule has 0 bridgehead atoms. The summed E-state index contributed by atoms with van der Waals surface area (Å²) < 4.78 is 5.73. The van der Waals surface area contributed by atoms with Gasteiger partial charge in [0.1, 0.15) is 0 Å². The number of ether oxygens (including phenoxy) is 1. The second kappa shape index (κ2) is 8.08. The predicted octanol–water partition coefficient (Wildman–Crippen LogP) is 1.53. The molecule has 3 nitrogen and oxygen atoms in total. The van der Waals surface area contributed by atoms with Crippen molar-refractivity contribution in [3.8, 4) is 0 Å². The smallest absolute Gasteiger partial charge is 0.0704 e. The summed E-state index contributed by atoms with van der Waals surface area (Å²) in [6, 6.07) is 0. The van der Waals surface area contributed by atoms with Gasteiger partial charge in [-0.1, -0.05) is 6.92 Å². The maximum Gasteiger partial charge on any atom is 0.0704 e. The van der Waals surface area contributed by atoms with Crippen LogP contribution in [0.15, 0.2) is 0 Å². The van der Waals surface area contributed by atoms with Crippen LogP contribution in [0.4, 0.5) is 0 Å². The van der Waals surface area contributed by atoms with Crippen LogP contribution in [0.25, 0.3) is 0 Å². The van der Waals surface area contributed by atoms with Crippen LogP contribution in [0.1, 0.15) is 39.5 Å². The van der Waals surface area contributed by atoms with Gasteiger partial charge in [-0.05, 0) is 52.2 Å². The van der Waals surface area contributed by atoms with Crippen LogP contribution < -0.4 is 10.6 Å². The lowest BCUT2D eigenvalue weighted by atomic mass is 10.2. The molecule has 0 aromatic rings. The van der Waals surface area contributed by atoms with Crippen LogP contribution in [0.3, 0.4) is 0 Å². The van der Waals surface area contributed by atoms with E-state index in [-0.39, 0.29) is 0 Å². The molecule has 1 heterocycles. The molecule has 0 aromatic carbocycles. The van der Waals surface area contributed by atoms with Gasteiger partial charge >= 0.3 is 0 Å². The average molecular weight is 214 g/mol. The molecule has 0 aliphatic carbocycles. The van der Waals surface area contributed by atoms with E-state index in [4.69, 9.17) is 4.74 Å². The monoisotopic (exact) mass is 214 g/mol. The van der Waals surface area contributed by atoms with Gasteiger partial charge in [-0.2, -0.15) is 0 Å². The fourth-order valence-corrected chi connectivity index (χ4v) is 1.94. The van der Waals surface area contributed by atoms with Crippen molar-refractivity contribution in [1.82, 2.24) is 10.6 Å². The first-order chi connectivity index (χ1) is 7.33. The highest BCUT2D eigenvalue weighted by Gasteiger charge is 2.20. The van der Waals surface area contributed by atoms with Crippen molar-refractivity contribution >= 4 is 0 Å². The Kier molecular flexibility index (Phi) is 6.98. The summed E-state index contributed by atoms with van der Waals surface area (Å²) in [5.74, 6) is 0. The van der Waals surface area contributed by atoms with Crippen LogP contribution in [-0.2, 0) is 4.74 Å². The van der Waals surface area contributed by atoms with E-state index in [0.717, 1.165) is 26.2 Å². The van der Waals surface area contributed by atoms with E-state index in [9.17, 15) is 0 Å². The minimum Gasteiger partial charge on any atom is -0.374 e. The van der Waals surface area contributed by atoms with Crippen molar-refractivity contribution < 1.29 is 4.74 Å². The minimum atomic E-state index is 0.462. The summed E-state index contributed by atoms with van der Waals surface area (Å²) in [6.45, 7) is 8.76. The standard InChI is InChI=1S/C12H26N2O/c1-3-7-13-8-4-9-14-10-12-6-5-11(2)15-12/h11-14H,3-10H2,1-2H3. The largest absolute Gasteiger partial charge is 0.374 e. The van der Waals surface area contributed by atoms with Gasteiger partial charge in [0.2, 0.25) is 0 Å². The first-order valence-corrected chi connectivity index (χ1v) is 6.39. The lowest BCUT2D eigenvalue weighted by Gasteiger charge is -2.12. The van der Waals surface area contributed by atoms with Gasteiger partial charge in [0, 0.05) is 6.54 Å². The SMILES string of the molecule is CCCNCCCNCC1CCC(C)O1. The number of rotatable bonds is 8. The Labute approximate surface area is 94.0 Å². The lowest BCUT2D eigenvalue weighted by molar-refractivity contribution is 0.0561. The van der Waals surface area contributed by atoms with Crippen molar-refractivity contribution in [2.45, 2.75) is 51.7 Å². The van der Waals surface area contributed by atoms with Crippen LogP contribution in [0.5, 0.6) is 0 Å². The summed E-state index contributed by atoms with van der Waals surface area (Å²) in [6.07, 6.45) is 5.82. The molecule has 0 radical (unpaired) electrons. The molecule has 90 valence electrons. The topological polar surface area (TPSA) is 33.3 Å². The molecule has 2 unspecified atom stereocenters. The zero-order valence-corrected chi connectivity index (χ0v) is 10.2. The van der Waals surface area contributed by atoms with E-state index in [2.05, 4.69) is 24.5 Å². The van der Waals surface area contributed by atoms with Crippen molar-refractivity contribution in [1.29, 1.82) is 0 Å². The number of hydrogen-bond acceptors (Lipinski definition) is 3. The molecule has 0 spiro atoms. The molecule has 1 rings (SSSR count). The van der Waals surface area contributed by atoms with Crippen LogP contribution >= 0.6 is 0 Å². The van der Waals surface area contributed by atoms with Gasteiger partial charge in [-0.3, -0.25) is 0 Å². The summed E-state index contributed by atoms with van der Waals surface area (Å²) in [5.41, 5.74) is 0. The van der Waals surface area contributed by atoms with Gasteiger partial charge in [-0.25, -0.2) is 0 Å². The molecule has 3 heteroatoms. The fourth-order valence-electron chi connectivity index (χ4n) is 1.94. The maximum atomic E-state index is 5.73. The van der Waals surface area contributed by atoms with Gasteiger partial charge in [0.25, 0.3) is 0 Å². The van der Waals surface area contributed by atoms with Crippen molar-refractivity contribution in [2.24, 2.45) is 0 Å². The Balaban J connectivity index is 1.81. The Hall–Kier alpha value is -0.120. The van der Waals surface area contributed by atoms with E-state index in [1.54, 1.807) is 0 Å². The molecule has 15 heavy (non-hydrogen) atoms. The maximum absolute atomic E-state index is 5.73. The Morgan fingerprint density at radius 3 is 2.60 bits per heavy atom. The average Bonchev–Trinajstić information content (AvgIpc) is 2.63. The third kappa shape index (κ3) is 6.13. The Morgan fingerprint density at radius 2 is 1.93 bits per heavy atom. The van der Waals surface area contributed by atoms with Crippen molar-refractivity contribution in [3.63, 3.8) is 0 Å². The van der Waals surface area contributed by atoms with Crippen molar-refractivity contribution in [3.05, 3.63) is 0 Å². The zero-order chi connectivity index (χ0) is 10.9. The highest BCUT2D eigenvalue weighted by atomic mass is 16.5. The molecule has 0 amide bonds. The summed E-state index contributed by atoms with van der Waals surface area (Å²) in [7, 11) is 0. The van der Waals surface area contributed by atoms with E-state index < -0.39 is 0 Å². The van der Waals surface area contributed by atoms with Gasteiger partial charge in [0.15, 0.2) is 0 Å². The molecule has 0 saturated carbocycles.